The maximum atomic E-state index is 3.66. The van der Waals surface area contributed by atoms with Crippen LogP contribution in [0.3, 0.4) is 0 Å². The molecule has 0 unspecified atom stereocenters. The van der Waals surface area contributed by atoms with Crippen molar-refractivity contribution in [3.8, 4) is 0 Å². The Morgan fingerprint density at radius 1 is 0.917 bits per heavy atom. The molecule has 0 aromatic heterocycles. The van der Waals surface area contributed by atoms with Gasteiger partial charge >= 0.3 is 0 Å². The van der Waals surface area contributed by atoms with E-state index >= 15 is 0 Å². The van der Waals surface area contributed by atoms with E-state index < -0.39 is 0 Å². The minimum atomic E-state index is 1.22. The third-order valence-electron chi connectivity index (χ3n) is 2.14. The lowest BCUT2D eigenvalue weighted by Crippen LogP contribution is -1.78. The minimum Gasteiger partial charge on any atom is -0.0885 e. The summed E-state index contributed by atoms with van der Waals surface area (Å²) in [5, 5.41) is 0. The van der Waals surface area contributed by atoms with Crippen LogP contribution in [0.25, 0.3) is 0 Å². The highest BCUT2D eigenvalue weighted by Gasteiger charge is 1.88. The molecule has 0 aromatic rings. The zero-order valence-electron chi connectivity index (χ0n) is 8.52. The lowest BCUT2D eigenvalue weighted by atomic mass is 10.1. The van der Waals surface area contributed by atoms with Gasteiger partial charge in [0.05, 0.1) is 0 Å². The van der Waals surface area contributed by atoms with Crippen LogP contribution in [0.4, 0.5) is 0 Å². The summed E-state index contributed by atoms with van der Waals surface area (Å²) >= 11 is 0. The zero-order valence-corrected chi connectivity index (χ0v) is 8.52. The van der Waals surface area contributed by atoms with E-state index in [4.69, 9.17) is 0 Å². The smallest absolute Gasteiger partial charge is 0.0316 e. The summed E-state index contributed by atoms with van der Waals surface area (Å²) in [5.41, 5.74) is 0. The third kappa shape index (κ3) is 9.74. The van der Waals surface area contributed by atoms with E-state index in [2.05, 4.69) is 19.9 Å². The van der Waals surface area contributed by atoms with Crippen molar-refractivity contribution in [2.75, 3.05) is 0 Å². The maximum Gasteiger partial charge on any atom is -0.0316 e. The second-order valence-corrected chi connectivity index (χ2v) is 3.38. The van der Waals surface area contributed by atoms with Gasteiger partial charge in [-0.3, -0.25) is 0 Å². The van der Waals surface area contributed by atoms with Crippen LogP contribution in [0.5, 0.6) is 0 Å². The molecule has 0 atom stereocenters. The number of unbranched alkanes of at least 4 members (excludes halogenated alkanes) is 7. The van der Waals surface area contributed by atoms with Crippen molar-refractivity contribution < 1.29 is 0 Å². The van der Waals surface area contributed by atoms with Crippen LogP contribution in [0.15, 0.2) is 12.2 Å². The second kappa shape index (κ2) is 10.7. The molecule has 0 aliphatic rings. The fraction of sp³-hybridized carbons (Fsp3) is 0.750. The quantitative estimate of drug-likeness (QED) is 0.466. The molecule has 0 heteroatoms. The topological polar surface area (TPSA) is 0 Å². The fourth-order valence-corrected chi connectivity index (χ4v) is 1.34. The van der Waals surface area contributed by atoms with Crippen LogP contribution in [0.1, 0.15) is 58.3 Å². The van der Waals surface area contributed by atoms with E-state index in [1.165, 1.54) is 51.4 Å². The Morgan fingerprint density at radius 2 is 1.50 bits per heavy atom. The Kier molecular flexibility index (Phi) is 10.5. The van der Waals surface area contributed by atoms with E-state index in [1.54, 1.807) is 0 Å². The first-order valence-electron chi connectivity index (χ1n) is 5.36. The fourth-order valence-electron chi connectivity index (χ4n) is 1.34. The summed E-state index contributed by atoms with van der Waals surface area (Å²) in [6.07, 6.45) is 15.1. The molecule has 0 aliphatic heterocycles. The number of rotatable bonds is 8. The molecule has 1 radical (unpaired) electrons. The van der Waals surface area contributed by atoms with E-state index in [1.807, 2.05) is 6.08 Å². The second-order valence-electron chi connectivity index (χ2n) is 3.38. The summed E-state index contributed by atoms with van der Waals surface area (Å²) in [6.45, 7) is 5.93. The third-order valence-corrected chi connectivity index (χ3v) is 2.14. The van der Waals surface area contributed by atoms with Crippen molar-refractivity contribution in [2.24, 2.45) is 0 Å². The van der Waals surface area contributed by atoms with Gasteiger partial charge in [-0.15, -0.1) is 0 Å². The molecule has 0 N–H and O–H groups in total. The monoisotopic (exact) mass is 167 g/mol. The van der Waals surface area contributed by atoms with Crippen LogP contribution in [0, 0.1) is 6.92 Å². The summed E-state index contributed by atoms with van der Waals surface area (Å²) in [6, 6.07) is 0. The molecule has 0 spiro atoms. The van der Waals surface area contributed by atoms with Crippen LogP contribution < -0.4 is 0 Å². The summed E-state index contributed by atoms with van der Waals surface area (Å²) in [5.74, 6) is 0. The highest BCUT2D eigenvalue weighted by molar-refractivity contribution is 4.83. The predicted octanol–water partition coefficient (Wildman–Crippen LogP) is 4.52. The Labute approximate surface area is 78.1 Å². The van der Waals surface area contributed by atoms with Crippen molar-refractivity contribution in [2.45, 2.75) is 58.3 Å². The number of hydrogen-bond donors (Lipinski definition) is 0. The molecule has 0 aromatic carbocycles. The molecule has 0 heterocycles. The molecule has 0 saturated carbocycles. The normalized spacial score (nSPS) is 11.2. The van der Waals surface area contributed by atoms with Gasteiger partial charge in [0, 0.05) is 0 Å². The highest BCUT2D eigenvalue weighted by Crippen LogP contribution is 2.08. The van der Waals surface area contributed by atoms with Gasteiger partial charge in [0.2, 0.25) is 0 Å². The van der Waals surface area contributed by atoms with Crippen molar-refractivity contribution in [3.05, 3.63) is 19.1 Å². The van der Waals surface area contributed by atoms with Crippen molar-refractivity contribution in [1.29, 1.82) is 0 Å². The predicted molar refractivity (Wildman–Crippen MR) is 57.1 cm³/mol. The first-order valence-corrected chi connectivity index (χ1v) is 5.36. The van der Waals surface area contributed by atoms with Gasteiger partial charge < -0.3 is 0 Å². The molecule has 71 valence electrons. The molecular weight excluding hydrogens is 144 g/mol. The first kappa shape index (κ1) is 11.7. The first-order chi connectivity index (χ1) is 5.91. The lowest BCUT2D eigenvalue weighted by molar-refractivity contribution is 0.592. The van der Waals surface area contributed by atoms with Gasteiger partial charge in [-0.05, 0) is 19.8 Å². The van der Waals surface area contributed by atoms with Crippen molar-refractivity contribution in [3.63, 3.8) is 0 Å². The SMILES string of the molecule is [CH2]/C=C/CCCCCCCCC. The van der Waals surface area contributed by atoms with Crippen LogP contribution in [-0.2, 0) is 0 Å². The Bertz CT molecular complexity index is 92.2. The molecular formula is C12H23. The number of allylic oxidation sites excluding steroid dienone is 2. The van der Waals surface area contributed by atoms with E-state index in [9.17, 15) is 0 Å². The van der Waals surface area contributed by atoms with Crippen molar-refractivity contribution >= 4 is 0 Å². The molecule has 0 aliphatic carbocycles. The van der Waals surface area contributed by atoms with Crippen molar-refractivity contribution in [1.82, 2.24) is 0 Å². The Hall–Kier alpha value is -0.260. The molecule has 12 heavy (non-hydrogen) atoms. The van der Waals surface area contributed by atoms with Crippen LogP contribution >= 0.6 is 0 Å². The summed E-state index contributed by atoms with van der Waals surface area (Å²) < 4.78 is 0. The van der Waals surface area contributed by atoms with Gasteiger partial charge in [0.15, 0.2) is 0 Å². The summed E-state index contributed by atoms with van der Waals surface area (Å²) in [4.78, 5) is 0. The van der Waals surface area contributed by atoms with Gasteiger partial charge in [0.1, 0.15) is 0 Å². The van der Waals surface area contributed by atoms with E-state index in [-0.39, 0.29) is 0 Å². The average molecular weight is 167 g/mol. The zero-order chi connectivity index (χ0) is 9.07. The largest absolute Gasteiger partial charge is 0.0885 e. The van der Waals surface area contributed by atoms with Gasteiger partial charge in [-0.1, -0.05) is 57.6 Å². The molecule has 0 saturated heterocycles. The molecule has 0 bridgehead atoms. The molecule has 0 nitrogen and oxygen atoms in total. The Morgan fingerprint density at radius 3 is 2.08 bits per heavy atom. The minimum absolute atomic E-state index is 1.22. The Balaban J connectivity index is 2.81. The highest BCUT2D eigenvalue weighted by atomic mass is 13.9. The average Bonchev–Trinajstić information content (AvgIpc) is 2.10. The number of hydrogen-bond acceptors (Lipinski definition) is 0. The van der Waals surface area contributed by atoms with Gasteiger partial charge in [-0.25, -0.2) is 0 Å². The molecule has 0 fully saturated rings. The maximum absolute atomic E-state index is 3.66. The standard InChI is InChI=1S/C12H23/c1-3-5-7-9-11-12-10-8-6-4-2/h3,5H,1,4,6-12H2,2H3/b5-3+. The lowest BCUT2D eigenvalue weighted by Gasteiger charge is -1.98. The van der Waals surface area contributed by atoms with E-state index in [0.717, 1.165) is 0 Å². The molecule has 0 amide bonds. The van der Waals surface area contributed by atoms with Gasteiger partial charge in [-0.2, -0.15) is 0 Å². The van der Waals surface area contributed by atoms with Crippen LogP contribution in [-0.4, -0.2) is 0 Å². The van der Waals surface area contributed by atoms with E-state index in [0.29, 0.717) is 0 Å². The summed E-state index contributed by atoms with van der Waals surface area (Å²) in [7, 11) is 0. The molecule has 0 rings (SSSR count). The van der Waals surface area contributed by atoms with Crippen LogP contribution in [0.2, 0.25) is 0 Å². The van der Waals surface area contributed by atoms with Gasteiger partial charge in [0.25, 0.3) is 0 Å².